The Morgan fingerprint density at radius 3 is 1.73 bits per heavy atom. The highest BCUT2D eigenvalue weighted by molar-refractivity contribution is 8.45. The Bertz CT molecular complexity index is 647. The molecule has 7 heteroatoms. The minimum atomic E-state index is -9.61. The van der Waals surface area contributed by atoms with Crippen molar-refractivity contribution in [3.63, 3.8) is 0 Å². The minimum absolute atomic E-state index is 0.102. The number of benzene rings is 2. The van der Waals surface area contributed by atoms with Gasteiger partial charge in [0, 0.05) is 0 Å². The molecule has 0 atom stereocenters. The van der Waals surface area contributed by atoms with E-state index in [1.165, 1.54) is 0 Å². The number of rotatable bonds is 5. The predicted octanol–water partition coefficient (Wildman–Crippen LogP) is 6.49. The van der Waals surface area contributed by atoms with Gasteiger partial charge in [0.05, 0.1) is 0 Å². The fraction of sp³-hybridized carbons (Fsp3) is 0.200. The van der Waals surface area contributed by atoms with Crippen LogP contribution in [0, 0.1) is 0 Å². The molecule has 2 aromatic rings. The molecule has 0 fully saturated rings. The third-order valence-electron chi connectivity index (χ3n) is 3.11. The van der Waals surface area contributed by atoms with Crippen molar-refractivity contribution in [2.45, 2.75) is 24.8 Å². The van der Waals surface area contributed by atoms with Crippen molar-refractivity contribution in [3.8, 4) is 5.75 Å². The van der Waals surface area contributed by atoms with Gasteiger partial charge in [-0.05, 0) is 41.8 Å². The maximum absolute atomic E-state index is 12.6. The summed E-state index contributed by atoms with van der Waals surface area (Å²) in [5.41, 5.74) is 2.00. The topological polar surface area (TPSA) is 9.23 Å². The highest BCUT2D eigenvalue weighted by Crippen LogP contribution is 3.02. The molecule has 0 aliphatic heterocycles. The van der Waals surface area contributed by atoms with Crippen LogP contribution in [0.1, 0.15) is 18.1 Å². The third-order valence-corrected chi connectivity index (χ3v) is 4.27. The lowest BCUT2D eigenvalue weighted by Gasteiger charge is -2.40. The van der Waals surface area contributed by atoms with Gasteiger partial charge in [-0.3, -0.25) is 0 Å². The molecule has 0 aromatic heterocycles. The normalized spacial score (nSPS) is 15.0. The van der Waals surface area contributed by atoms with Crippen LogP contribution in [-0.2, 0) is 13.0 Å². The largest absolute Gasteiger partial charge is 0.489 e. The zero-order chi connectivity index (χ0) is 16.5. The van der Waals surface area contributed by atoms with Crippen molar-refractivity contribution < 1.29 is 24.2 Å². The van der Waals surface area contributed by atoms with Crippen molar-refractivity contribution in [1.29, 1.82) is 0 Å². The highest BCUT2D eigenvalue weighted by Gasteiger charge is 2.65. The van der Waals surface area contributed by atoms with E-state index in [0.717, 1.165) is 29.7 Å². The first-order chi connectivity index (χ1) is 9.97. The van der Waals surface area contributed by atoms with Crippen molar-refractivity contribution in [1.82, 2.24) is 0 Å². The van der Waals surface area contributed by atoms with Crippen LogP contribution in [-0.4, -0.2) is 0 Å². The van der Waals surface area contributed by atoms with Gasteiger partial charge in [-0.25, -0.2) is 0 Å². The van der Waals surface area contributed by atoms with E-state index in [-0.39, 0.29) is 12.4 Å². The van der Waals surface area contributed by atoms with Crippen LogP contribution in [0.4, 0.5) is 19.4 Å². The molecule has 0 spiro atoms. The summed E-state index contributed by atoms with van der Waals surface area (Å²) in [5, 5.41) is 0. The third kappa shape index (κ3) is 4.37. The molecular formula is C15H15F5OS. The lowest BCUT2D eigenvalue weighted by molar-refractivity contribution is 0.305. The second-order valence-corrected chi connectivity index (χ2v) is 7.31. The molecule has 0 bridgehead atoms. The molecule has 0 aliphatic carbocycles. The number of aryl methyl sites for hydroxylation is 1. The van der Waals surface area contributed by atoms with E-state index < -0.39 is 15.1 Å². The summed E-state index contributed by atoms with van der Waals surface area (Å²) in [4.78, 5) is -1.92. The van der Waals surface area contributed by atoms with E-state index in [1.807, 2.05) is 31.2 Å². The first-order valence-electron chi connectivity index (χ1n) is 6.53. The molecule has 0 heterocycles. The standard InChI is InChI=1S/C15H15F5OS/c1-2-12-3-5-13(6-4-12)11-21-14-7-9-15(10-8-14)22(16,17,18,19)20/h3-10H,2,11H2,1H3. The Hall–Kier alpha value is -1.76. The molecule has 1 nitrogen and oxygen atoms in total. The fourth-order valence-electron chi connectivity index (χ4n) is 1.83. The Morgan fingerprint density at radius 2 is 1.27 bits per heavy atom. The first-order valence-corrected chi connectivity index (χ1v) is 8.48. The van der Waals surface area contributed by atoms with Crippen LogP contribution in [0.2, 0.25) is 0 Å². The quantitative estimate of drug-likeness (QED) is 0.567. The molecular weight excluding hydrogens is 323 g/mol. The van der Waals surface area contributed by atoms with Crippen molar-refractivity contribution in [2.75, 3.05) is 0 Å². The monoisotopic (exact) mass is 338 g/mol. The molecule has 2 aromatic carbocycles. The fourth-order valence-corrected chi connectivity index (χ4v) is 2.48. The van der Waals surface area contributed by atoms with Crippen LogP contribution >= 0.6 is 10.2 Å². The Kier molecular flexibility index (Phi) is 3.68. The van der Waals surface area contributed by atoms with E-state index in [2.05, 4.69) is 0 Å². The Labute approximate surface area is 125 Å². The molecule has 2 rings (SSSR count). The molecule has 0 N–H and O–H groups in total. The van der Waals surface area contributed by atoms with Gasteiger partial charge in [-0.1, -0.05) is 50.6 Å². The SMILES string of the molecule is CCc1ccc(COc2ccc(S(F)(F)(F)(F)F)cc2)cc1. The second-order valence-electron chi connectivity index (χ2n) is 4.90. The second kappa shape index (κ2) is 4.87. The molecule has 0 saturated heterocycles. The predicted molar refractivity (Wildman–Crippen MR) is 78.0 cm³/mol. The van der Waals surface area contributed by atoms with Crippen LogP contribution in [0.5, 0.6) is 5.75 Å². The van der Waals surface area contributed by atoms with Gasteiger partial charge < -0.3 is 4.74 Å². The van der Waals surface area contributed by atoms with E-state index in [0.29, 0.717) is 12.1 Å². The lowest BCUT2D eigenvalue weighted by atomic mass is 10.1. The number of ether oxygens (including phenoxy) is 1. The van der Waals surface area contributed by atoms with Gasteiger partial charge in [-0.2, -0.15) is 0 Å². The lowest BCUT2D eigenvalue weighted by Crippen LogP contribution is -2.05. The minimum Gasteiger partial charge on any atom is -0.489 e. The highest BCUT2D eigenvalue weighted by atomic mass is 32.5. The van der Waals surface area contributed by atoms with Crippen molar-refractivity contribution in [3.05, 3.63) is 59.7 Å². The van der Waals surface area contributed by atoms with Crippen LogP contribution in [0.25, 0.3) is 0 Å². The smallest absolute Gasteiger partial charge is 0.310 e. The van der Waals surface area contributed by atoms with E-state index in [4.69, 9.17) is 4.74 Å². The molecule has 22 heavy (non-hydrogen) atoms. The van der Waals surface area contributed by atoms with E-state index in [1.54, 1.807) is 0 Å². The molecule has 0 saturated carbocycles. The van der Waals surface area contributed by atoms with Gasteiger partial charge in [0.25, 0.3) is 0 Å². The van der Waals surface area contributed by atoms with E-state index >= 15 is 0 Å². The zero-order valence-corrected chi connectivity index (χ0v) is 12.6. The number of hydrogen-bond donors (Lipinski definition) is 0. The van der Waals surface area contributed by atoms with Gasteiger partial charge in [0.2, 0.25) is 0 Å². The summed E-state index contributed by atoms with van der Waals surface area (Å²) < 4.78 is 68.1. The van der Waals surface area contributed by atoms with Crippen LogP contribution in [0.3, 0.4) is 0 Å². The average Bonchev–Trinajstić information content (AvgIpc) is 2.44. The molecule has 0 unspecified atom stereocenters. The number of halogens is 5. The summed E-state index contributed by atoms with van der Waals surface area (Å²) in [6.07, 6.45) is 0.900. The van der Waals surface area contributed by atoms with Crippen molar-refractivity contribution >= 4 is 10.2 Å². The maximum Gasteiger partial charge on any atom is 0.310 e. The van der Waals surface area contributed by atoms with Gasteiger partial charge in [-0.15, -0.1) is 0 Å². The Balaban J connectivity index is 2.06. The van der Waals surface area contributed by atoms with Gasteiger partial charge in [0.15, 0.2) is 0 Å². The summed E-state index contributed by atoms with van der Waals surface area (Å²) in [6.45, 7) is 2.17. The van der Waals surface area contributed by atoms with E-state index in [9.17, 15) is 19.4 Å². The summed E-state index contributed by atoms with van der Waals surface area (Å²) in [7, 11) is -9.61. The van der Waals surface area contributed by atoms with Crippen molar-refractivity contribution in [2.24, 2.45) is 0 Å². The molecule has 0 aliphatic rings. The number of hydrogen-bond acceptors (Lipinski definition) is 1. The molecule has 0 amide bonds. The van der Waals surface area contributed by atoms with Crippen LogP contribution < -0.4 is 4.74 Å². The van der Waals surface area contributed by atoms with Crippen LogP contribution in [0.15, 0.2) is 53.4 Å². The average molecular weight is 338 g/mol. The Morgan fingerprint density at radius 1 is 0.773 bits per heavy atom. The maximum atomic E-state index is 12.6. The molecule has 0 radical (unpaired) electrons. The first kappa shape index (κ1) is 16.6. The van der Waals surface area contributed by atoms with Gasteiger partial charge in [0.1, 0.15) is 17.3 Å². The summed E-state index contributed by atoms with van der Waals surface area (Å²) in [6, 6.07) is 10.0. The summed E-state index contributed by atoms with van der Waals surface area (Å²) >= 11 is 0. The van der Waals surface area contributed by atoms with Gasteiger partial charge >= 0.3 is 10.2 Å². The zero-order valence-electron chi connectivity index (χ0n) is 11.7. The molecule has 122 valence electrons. The summed E-state index contributed by atoms with van der Waals surface area (Å²) in [5.74, 6) is 0.102.